The third kappa shape index (κ3) is 3.45. The first-order valence-corrected chi connectivity index (χ1v) is 7.16. The van der Waals surface area contributed by atoms with Crippen LogP contribution in [0.3, 0.4) is 0 Å². The predicted octanol–water partition coefficient (Wildman–Crippen LogP) is 2.30. The van der Waals surface area contributed by atoms with Gasteiger partial charge in [-0.3, -0.25) is 0 Å². The lowest BCUT2D eigenvalue weighted by Crippen LogP contribution is -2.15. The summed E-state index contributed by atoms with van der Waals surface area (Å²) in [5.74, 6) is 0.506. The molecule has 2 rings (SSSR count). The van der Waals surface area contributed by atoms with Gasteiger partial charge in [-0.2, -0.15) is 0 Å². The Morgan fingerprint density at radius 2 is 2.32 bits per heavy atom. The van der Waals surface area contributed by atoms with Crippen molar-refractivity contribution in [2.45, 2.75) is 26.3 Å². The summed E-state index contributed by atoms with van der Waals surface area (Å²) in [6.07, 6.45) is 4.54. The molecular formula is C12H15N5S2. The molecular weight excluding hydrogens is 278 g/mol. The minimum absolute atomic E-state index is 0.0481. The number of aryl methyl sites for hydroxylation is 1. The SMILES string of the molecule is CCc1cnc(C(C)Nc2nccc(C(N)=S)n2)s1. The Labute approximate surface area is 121 Å². The van der Waals surface area contributed by atoms with Gasteiger partial charge >= 0.3 is 0 Å². The van der Waals surface area contributed by atoms with Crippen molar-refractivity contribution >= 4 is 34.5 Å². The summed E-state index contributed by atoms with van der Waals surface area (Å²) in [6, 6.07) is 1.74. The van der Waals surface area contributed by atoms with Crippen LogP contribution < -0.4 is 11.1 Å². The number of nitrogens with two attached hydrogens (primary N) is 1. The molecule has 3 N–H and O–H groups in total. The standard InChI is InChI=1S/C12H15N5S2/c1-3-8-6-15-11(19-8)7(2)16-12-14-5-4-9(17-12)10(13)18/h4-7H,3H2,1-2H3,(H2,13,18)(H,14,16,17). The molecule has 0 fully saturated rings. The topological polar surface area (TPSA) is 76.7 Å². The second kappa shape index (κ2) is 6.03. The Hall–Kier alpha value is -1.60. The summed E-state index contributed by atoms with van der Waals surface area (Å²) in [4.78, 5) is 14.3. The van der Waals surface area contributed by atoms with E-state index in [0.717, 1.165) is 11.4 Å². The number of hydrogen-bond donors (Lipinski definition) is 2. The minimum atomic E-state index is 0.0481. The molecule has 2 aromatic heterocycles. The van der Waals surface area contributed by atoms with Crippen molar-refractivity contribution in [1.29, 1.82) is 0 Å². The second-order valence-electron chi connectivity index (χ2n) is 4.01. The quantitative estimate of drug-likeness (QED) is 0.824. The normalized spacial score (nSPS) is 12.1. The number of nitrogens with one attached hydrogen (secondary N) is 1. The van der Waals surface area contributed by atoms with E-state index in [1.54, 1.807) is 23.6 Å². The zero-order chi connectivity index (χ0) is 13.8. The first-order valence-electron chi connectivity index (χ1n) is 5.94. The highest BCUT2D eigenvalue weighted by Gasteiger charge is 2.11. The molecule has 0 saturated carbocycles. The lowest BCUT2D eigenvalue weighted by molar-refractivity contribution is 0.847. The van der Waals surface area contributed by atoms with Crippen LogP contribution in [0.1, 0.15) is 35.5 Å². The molecule has 0 aliphatic rings. The number of hydrogen-bond acceptors (Lipinski definition) is 6. The van der Waals surface area contributed by atoms with Gasteiger partial charge in [0.15, 0.2) is 0 Å². The third-order valence-electron chi connectivity index (χ3n) is 2.54. The molecule has 5 nitrogen and oxygen atoms in total. The summed E-state index contributed by atoms with van der Waals surface area (Å²) >= 11 is 6.59. The van der Waals surface area contributed by atoms with Gasteiger partial charge in [0, 0.05) is 17.3 Å². The van der Waals surface area contributed by atoms with Crippen molar-refractivity contribution in [2.75, 3.05) is 5.32 Å². The molecule has 0 amide bonds. The van der Waals surface area contributed by atoms with E-state index in [1.165, 1.54) is 4.88 Å². The molecule has 19 heavy (non-hydrogen) atoms. The number of nitrogens with zero attached hydrogens (tertiary/aromatic N) is 3. The van der Waals surface area contributed by atoms with E-state index in [4.69, 9.17) is 18.0 Å². The van der Waals surface area contributed by atoms with Gasteiger partial charge in [0.2, 0.25) is 5.95 Å². The molecule has 2 aromatic rings. The molecule has 0 aliphatic heterocycles. The van der Waals surface area contributed by atoms with E-state index in [0.29, 0.717) is 11.6 Å². The molecule has 1 unspecified atom stereocenters. The fourth-order valence-electron chi connectivity index (χ4n) is 1.51. The Morgan fingerprint density at radius 3 is 2.95 bits per heavy atom. The zero-order valence-electron chi connectivity index (χ0n) is 10.8. The maximum atomic E-state index is 5.55. The van der Waals surface area contributed by atoms with Gasteiger partial charge in [-0.25, -0.2) is 15.0 Å². The van der Waals surface area contributed by atoms with Crippen LogP contribution in [0.15, 0.2) is 18.5 Å². The Bertz CT molecular complexity index is 581. The van der Waals surface area contributed by atoms with Gasteiger partial charge in [0.25, 0.3) is 0 Å². The fourth-order valence-corrected chi connectivity index (χ4v) is 2.48. The predicted molar refractivity (Wildman–Crippen MR) is 81.4 cm³/mol. The van der Waals surface area contributed by atoms with E-state index >= 15 is 0 Å². The smallest absolute Gasteiger partial charge is 0.223 e. The van der Waals surface area contributed by atoms with Gasteiger partial charge in [0.05, 0.1) is 6.04 Å². The van der Waals surface area contributed by atoms with Crippen molar-refractivity contribution in [3.8, 4) is 0 Å². The highest BCUT2D eigenvalue weighted by Crippen LogP contribution is 2.22. The number of thiocarbonyl (C=S) groups is 1. The van der Waals surface area contributed by atoms with Crippen molar-refractivity contribution in [3.63, 3.8) is 0 Å². The van der Waals surface area contributed by atoms with Crippen LogP contribution in [0.25, 0.3) is 0 Å². The molecule has 0 radical (unpaired) electrons. The first kappa shape index (κ1) is 13.8. The van der Waals surface area contributed by atoms with Crippen LogP contribution in [0, 0.1) is 0 Å². The highest BCUT2D eigenvalue weighted by atomic mass is 32.1. The summed E-state index contributed by atoms with van der Waals surface area (Å²) in [7, 11) is 0. The summed E-state index contributed by atoms with van der Waals surface area (Å²) < 4.78 is 0. The number of rotatable bonds is 5. The minimum Gasteiger partial charge on any atom is -0.388 e. The lowest BCUT2D eigenvalue weighted by atomic mass is 10.3. The van der Waals surface area contributed by atoms with Crippen LogP contribution in [-0.2, 0) is 6.42 Å². The summed E-state index contributed by atoms with van der Waals surface area (Å²) in [5, 5.41) is 4.22. The van der Waals surface area contributed by atoms with E-state index < -0.39 is 0 Å². The van der Waals surface area contributed by atoms with Gasteiger partial charge in [-0.1, -0.05) is 19.1 Å². The molecule has 100 valence electrons. The first-order chi connectivity index (χ1) is 9.10. The number of aromatic nitrogens is 3. The molecule has 0 aliphatic carbocycles. The van der Waals surface area contributed by atoms with E-state index in [1.807, 2.05) is 13.1 Å². The average molecular weight is 293 g/mol. The van der Waals surface area contributed by atoms with Crippen molar-refractivity contribution in [2.24, 2.45) is 5.73 Å². The lowest BCUT2D eigenvalue weighted by Gasteiger charge is -2.11. The Kier molecular flexibility index (Phi) is 4.39. The number of anilines is 1. The summed E-state index contributed by atoms with van der Waals surface area (Å²) in [6.45, 7) is 4.14. The van der Waals surface area contributed by atoms with Gasteiger partial charge in [-0.05, 0) is 19.4 Å². The molecule has 0 saturated heterocycles. The van der Waals surface area contributed by atoms with Crippen LogP contribution in [0.4, 0.5) is 5.95 Å². The van der Waals surface area contributed by atoms with Crippen LogP contribution in [0.5, 0.6) is 0 Å². The molecule has 1 atom stereocenters. The fraction of sp³-hybridized carbons (Fsp3) is 0.333. The molecule has 2 heterocycles. The maximum absolute atomic E-state index is 5.55. The zero-order valence-corrected chi connectivity index (χ0v) is 12.4. The van der Waals surface area contributed by atoms with E-state index in [-0.39, 0.29) is 11.0 Å². The van der Waals surface area contributed by atoms with Crippen LogP contribution >= 0.6 is 23.6 Å². The van der Waals surface area contributed by atoms with Crippen molar-refractivity contribution < 1.29 is 0 Å². The molecule has 0 aromatic carbocycles. The van der Waals surface area contributed by atoms with Crippen LogP contribution in [0.2, 0.25) is 0 Å². The van der Waals surface area contributed by atoms with Crippen LogP contribution in [-0.4, -0.2) is 19.9 Å². The Balaban J connectivity index is 2.12. The molecule has 0 bridgehead atoms. The van der Waals surface area contributed by atoms with E-state index in [9.17, 15) is 0 Å². The van der Waals surface area contributed by atoms with Crippen molar-refractivity contribution in [1.82, 2.24) is 15.0 Å². The number of thiazole rings is 1. The van der Waals surface area contributed by atoms with Gasteiger partial charge in [0.1, 0.15) is 15.7 Å². The second-order valence-corrected chi connectivity index (χ2v) is 5.60. The van der Waals surface area contributed by atoms with E-state index in [2.05, 4.69) is 27.2 Å². The summed E-state index contributed by atoms with van der Waals surface area (Å²) in [5.41, 5.74) is 6.11. The average Bonchev–Trinajstić information content (AvgIpc) is 2.88. The van der Waals surface area contributed by atoms with Gasteiger partial charge < -0.3 is 11.1 Å². The Morgan fingerprint density at radius 1 is 1.53 bits per heavy atom. The molecule has 7 heteroatoms. The largest absolute Gasteiger partial charge is 0.388 e. The maximum Gasteiger partial charge on any atom is 0.223 e. The highest BCUT2D eigenvalue weighted by molar-refractivity contribution is 7.80. The van der Waals surface area contributed by atoms with Gasteiger partial charge in [-0.15, -0.1) is 11.3 Å². The molecule has 0 spiro atoms. The third-order valence-corrected chi connectivity index (χ3v) is 4.08. The van der Waals surface area contributed by atoms with Crippen molar-refractivity contribution in [3.05, 3.63) is 34.0 Å². The monoisotopic (exact) mass is 293 g/mol.